The van der Waals surface area contributed by atoms with Gasteiger partial charge in [-0.05, 0) is 26.0 Å². The number of pyridine rings is 1. The van der Waals surface area contributed by atoms with Gasteiger partial charge in [0.25, 0.3) is 0 Å². The van der Waals surface area contributed by atoms with Crippen LogP contribution in [-0.4, -0.2) is 20.9 Å². The maximum Gasteiger partial charge on any atom is 0.202 e. The summed E-state index contributed by atoms with van der Waals surface area (Å²) in [5, 5.41) is 3.97. The maximum atomic E-state index is 4.37. The van der Waals surface area contributed by atoms with Gasteiger partial charge in [-0.1, -0.05) is 6.07 Å². The van der Waals surface area contributed by atoms with Gasteiger partial charge in [0.05, 0.1) is 0 Å². The van der Waals surface area contributed by atoms with Crippen molar-refractivity contribution < 1.29 is 0 Å². The second-order valence-electron chi connectivity index (χ2n) is 3.12. The zero-order valence-corrected chi connectivity index (χ0v) is 9.51. The van der Waals surface area contributed by atoms with Crippen LogP contribution in [0.5, 0.6) is 0 Å². The van der Waals surface area contributed by atoms with Crippen molar-refractivity contribution in [3.05, 3.63) is 23.9 Å². The summed E-state index contributed by atoms with van der Waals surface area (Å²) >= 11 is 1.36. The molecule has 2 aromatic heterocycles. The Hall–Kier alpha value is -1.49. The molecule has 2 rings (SSSR count). The molecule has 0 aliphatic carbocycles. The molecule has 2 heterocycles. The lowest BCUT2D eigenvalue weighted by molar-refractivity contribution is 1.15. The van der Waals surface area contributed by atoms with E-state index in [1.165, 1.54) is 11.5 Å². The Morgan fingerprint density at radius 3 is 2.93 bits per heavy atom. The minimum Gasteiger partial charge on any atom is -0.361 e. The molecule has 0 spiro atoms. The van der Waals surface area contributed by atoms with Crippen molar-refractivity contribution in [3.63, 3.8) is 0 Å². The average Bonchev–Trinajstić information content (AvgIpc) is 2.67. The van der Waals surface area contributed by atoms with E-state index in [2.05, 4.69) is 19.7 Å². The lowest BCUT2D eigenvalue weighted by atomic mass is 10.3. The predicted octanol–water partition coefficient (Wildman–Crippen LogP) is 2.34. The van der Waals surface area contributed by atoms with Gasteiger partial charge in [-0.15, -0.1) is 0 Å². The van der Waals surface area contributed by atoms with Crippen LogP contribution < -0.4 is 5.32 Å². The van der Waals surface area contributed by atoms with Crippen LogP contribution >= 0.6 is 11.5 Å². The van der Waals surface area contributed by atoms with E-state index >= 15 is 0 Å². The predicted molar refractivity (Wildman–Crippen MR) is 62.0 cm³/mol. The first-order valence-electron chi connectivity index (χ1n) is 4.81. The normalized spacial score (nSPS) is 10.3. The van der Waals surface area contributed by atoms with Gasteiger partial charge < -0.3 is 5.32 Å². The number of aryl methyl sites for hydroxylation is 1. The Kier molecular flexibility index (Phi) is 2.91. The van der Waals surface area contributed by atoms with E-state index in [1.807, 2.05) is 32.0 Å². The van der Waals surface area contributed by atoms with Crippen molar-refractivity contribution in [2.45, 2.75) is 13.8 Å². The van der Waals surface area contributed by atoms with Crippen molar-refractivity contribution in [1.82, 2.24) is 14.3 Å². The van der Waals surface area contributed by atoms with Gasteiger partial charge in [0.1, 0.15) is 5.69 Å². The van der Waals surface area contributed by atoms with Crippen LogP contribution in [0.4, 0.5) is 5.13 Å². The Bertz CT molecular complexity index is 452. The molecule has 0 fully saturated rings. The van der Waals surface area contributed by atoms with Crippen molar-refractivity contribution in [2.24, 2.45) is 0 Å². The SMILES string of the molecule is CCNc1nc(-c2cccc(C)n2)ns1. The van der Waals surface area contributed by atoms with Gasteiger partial charge in [-0.25, -0.2) is 4.98 Å². The largest absolute Gasteiger partial charge is 0.361 e. The fraction of sp³-hybridized carbons (Fsp3) is 0.300. The van der Waals surface area contributed by atoms with Crippen molar-refractivity contribution in [3.8, 4) is 11.5 Å². The molecule has 0 aliphatic rings. The molecule has 0 unspecified atom stereocenters. The molecule has 0 amide bonds. The van der Waals surface area contributed by atoms with E-state index in [4.69, 9.17) is 0 Å². The van der Waals surface area contributed by atoms with E-state index in [0.29, 0.717) is 5.82 Å². The lowest BCUT2D eigenvalue weighted by Gasteiger charge is -1.96. The topological polar surface area (TPSA) is 50.7 Å². The molecule has 0 aliphatic heterocycles. The highest BCUT2D eigenvalue weighted by Gasteiger charge is 2.06. The maximum absolute atomic E-state index is 4.37. The summed E-state index contributed by atoms with van der Waals surface area (Å²) in [4.78, 5) is 8.72. The summed E-state index contributed by atoms with van der Waals surface area (Å²) in [5.41, 5.74) is 1.81. The summed E-state index contributed by atoms with van der Waals surface area (Å²) in [7, 11) is 0. The second-order valence-corrected chi connectivity index (χ2v) is 3.87. The standard InChI is InChI=1S/C10H12N4S/c1-3-11-10-13-9(14-15-10)8-6-4-5-7(2)12-8/h4-6H,3H2,1-2H3,(H,11,13,14). The van der Waals surface area contributed by atoms with Gasteiger partial charge in [0.15, 0.2) is 5.82 Å². The molecule has 0 atom stereocenters. The van der Waals surface area contributed by atoms with E-state index in [9.17, 15) is 0 Å². The third-order valence-electron chi connectivity index (χ3n) is 1.87. The van der Waals surface area contributed by atoms with E-state index < -0.39 is 0 Å². The molecule has 15 heavy (non-hydrogen) atoms. The van der Waals surface area contributed by atoms with Gasteiger partial charge in [-0.2, -0.15) is 9.36 Å². The first-order valence-corrected chi connectivity index (χ1v) is 5.58. The number of rotatable bonds is 3. The monoisotopic (exact) mass is 220 g/mol. The zero-order chi connectivity index (χ0) is 10.7. The minimum atomic E-state index is 0.694. The number of hydrogen-bond donors (Lipinski definition) is 1. The minimum absolute atomic E-state index is 0.694. The molecule has 5 heteroatoms. The molecule has 0 bridgehead atoms. The van der Waals surface area contributed by atoms with Crippen LogP contribution in [0.2, 0.25) is 0 Å². The molecule has 0 aromatic carbocycles. The third kappa shape index (κ3) is 2.30. The zero-order valence-electron chi connectivity index (χ0n) is 8.69. The third-order valence-corrected chi connectivity index (χ3v) is 2.54. The van der Waals surface area contributed by atoms with Crippen LogP contribution in [0, 0.1) is 6.92 Å². The summed E-state index contributed by atoms with van der Waals surface area (Å²) in [5.74, 6) is 0.694. The quantitative estimate of drug-likeness (QED) is 0.862. The van der Waals surface area contributed by atoms with Crippen molar-refractivity contribution in [2.75, 3.05) is 11.9 Å². The smallest absolute Gasteiger partial charge is 0.202 e. The van der Waals surface area contributed by atoms with Crippen molar-refractivity contribution >= 4 is 16.7 Å². The number of anilines is 1. The van der Waals surface area contributed by atoms with Gasteiger partial charge in [0, 0.05) is 23.8 Å². The molecule has 2 aromatic rings. The molecular weight excluding hydrogens is 208 g/mol. The molecule has 0 saturated heterocycles. The fourth-order valence-corrected chi connectivity index (χ4v) is 1.86. The second kappa shape index (κ2) is 4.35. The number of nitrogens with one attached hydrogen (secondary N) is 1. The van der Waals surface area contributed by atoms with Gasteiger partial charge in [0.2, 0.25) is 5.13 Å². The molecule has 0 saturated carbocycles. The van der Waals surface area contributed by atoms with Crippen LogP contribution in [0.1, 0.15) is 12.6 Å². The molecular formula is C10H12N4S. The Morgan fingerprint density at radius 2 is 2.20 bits per heavy atom. The van der Waals surface area contributed by atoms with E-state index in [1.54, 1.807) is 0 Å². The first kappa shape index (κ1) is 10.0. The summed E-state index contributed by atoms with van der Waals surface area (Å²) in [6, 6.07) is 5.84. The fourth-order valence-electron chi connectivity index (χ4n) is 1.22. The lowest BCUT2D eigenvalue weighted by Crippen LogP contribution is -1.95. The molecule has 4 nitrogen and oxygen atoms in total. The van der Waals surface area contributed by atoms with Gasteiger partial charge >= 0.3 is 0 Å². The molecule has 78 valence electrons. The van der Waals surface area contributed by atoms with Crippen molar-refractivity contribution in [1.29, 1.82) is 0 Å². The molecule has 1 N–H and O–H groups in total. The summed E-state index contributed by atoms with van der Waals surface area (Å²) in [6.07, 6.45) is 0. The molecule has 0 radical (unpaired) electrons. The highest BCUT2D eigenvalue weighted by molar-refractivity contribution is 7.09. The van der Waals surface area contributed by atoms with E-state index in [0.717, 1.165) is 23.1 Å². The average molecular weight is 220 g/mol. The van der Waals surface area contributed by atoms with Crippen LogP contribution in [0.15, 0.2) is 18.2 Å². The number of nitrogens with zero attached hydrogens (tertiary/aromatic N) is 3. The number of aromatic nitrogens is 3. The Labute approximate surface area is 92.6 Å². The summed E-state index contributed by atoms with van der Waals surface area (Å²) in [6.45, 7) is 4.85. The van der Waals surface area contributed by atoms with Crippen LogP contribution in [-0.2, 0) is 0 Å². The Morgan fingerprint density at radius 1 is 1.33 bits per heavy atom. The van der Waals surface area contributed by atoms with Gasteiger partial charge in [-0.3, -0.25) is 0 Å². The number of hydrogen-bond acceptors (Lipinski definition) is 5. The first-order chi connectivity index (χ1) is 7.29. The highest BCUT2D eigenvalue weighted by atomic mass is 32.1. The highest BCUT2D eigenvalue weighted by Crippen LogP contribution is 2.19. The van der Waals surface area contributed by atoms with Crippen LogP contribution in [0.3, 0.4) is 0 Å². The summed E-state index contributed by atoms with van der Waals surface area (Å²) < 4.78 is 4.25. The Balaban J connectivity index is 2.29. The van der Waals surface area contributed by atoms with E-state index in [-0.39, 0.29) is 0 Å². The van der Waals surface area contributed by atoms with Crippen LogP contribution in [0.25, 0.3) is 11.5 Å².